The van der Waals surface area contributed by atoms with E-state index in [1.54, 1.807) is 18.2 Å². The van der Waals surface area contributed by atoms with E-state index < -0.39 is 13.9 Å². The van der Waals surface area contributed by atoms with Crippen LogP contribution in [0.25, 0.3) is 0 Å². The predicted octanol–water partition coefficient (Wildman–Crippen LogP) is 5.21. The van der Waals surface area contributed by atoms with Gasteiger partial charge in [-0.3, -0.25) is 4.57 Å². The highest BCUT2D eigenvalue weighted by Crippen LogP contribution is 2.36. The zero-order chi connectivity index (χ0) is 21.9. The second-order valence-electron chi connectivity index (χ2n) is 7.37. The first-order valence-corrected chi connectivity index (χ1v) is 11.2. The summed E-state index contributed by atoms with van der Waals surface area (Å²) in [6, 6.07) is 16.4. The zero-order valence-corrected chi connectivity index (χ0v) is 18.0. The molecule has 0 aliphatic heterocycles. The van der Waals surface area contributed by atoms with Crippen molar-refractivity contribution in [1.82, 2.24) is 0 Å². The first kappa shape index (κ1) is 21.9. The summed E-state index contributed by atoms with van der Waals surface area (Å²) in [4.78, 5) is 18.0. The molecule has 0 aromatic heterocycles. The third kappa shape index (κ3) is 5.86. The Balaban J connectivity index is 1.81. The lowest BCUT2D eigenvalue weighted by atomic mass is 9.95. The normalized spacial score (nSPS) is 11.4. The van der Waals surface area contributed by atoms with Crippen LogP contribution < -0.4 is 9.47 Å². The van der Waals surface area contributed by atoms with Gasteiger partial charge in [0.2, 0.25) is 0 Å². The molecule has 7 heteroatoms. The van der Waals surface area contributed by atoms with E-state index in [1.807, 2.05) is 57.2 Å². The molecule has 0 amide bonds. The maximum atomic E-state index is 11.0. The van der Waals surface area contributed by atoms with Gasteiger partial charge in [-0.25, -0.2) is 0 Å². The Bertz CT molecular complexity index is 1080. The van der Waals surface area contributed by atoms with Crippen molar-refractivity contribution in [3.63, 3.8) is 0 Å². The first-order chi connectivity index (χ1) is 14.1. The molecule has 30 heavy (non-hydrogen) atoms. The second-order valence-corrected chi connectivity index (χ2v) is 8.96. The quantitative estimate of drug-likeness (QED) is 0.447. The van der Waals surface area contributed by atoms with Gasteiger partial charge in [-0.15, -0.1) is 0 Å². The molecule has 0 fully saturated rings. The van der Waals surface area contributed by atoms with Crippen molar-refractivity contribution in [1.29, 1.82) is 0 Å². The number of benzene rings is 3. The summed E-state index contributed by atoms with van der Waals surface area (Å²) in [5.74, 6) is 1.53. The summed E-state index contributed by atoms with van der Waals surface area (Å²) in [7, 11) is -4.23. The van der Waals surface area contributed by atoms with Gasteiger partial charge in [-0.05, 0) is 91.4 Å². The summed E-state index contributed by atoms with van der Waals surface area (Å²) in [6.07, 6.45) is -0.0380. The average Bonchev–Trinajstić information content (AvgIpc) is 2.65. The molecule has 0 saturated carbocycles. The molecule has 0 aliphatic rings. The van der Waals surface area contributed by atoms with Crippen LogP contribution in [-0.4, -0.2) is 21.2 Å². The molecule has 3 N–H and O–H groups in total. The Morgan fingerprint density at radius 2 is 1.60 bits per heavy atom. The van der Waals surface area contributed by atoms with E-state index in [2.05, 4.69) is 0 Å². The summed E-state index contributed by atoms with van der Waals surface area (Å²) in [5.41, 5.74) is 5.00. The van der Waals surface area contributed by atoms with E-state index in [-0.39, 0.29) is 5.75 Å². The van der Waals surface area contributed by atoms with Crippen molar-refractivity contribution < 1.29 is 28.9 Å². The predicted molar refractivity (Wildman–Crippen MR) is 116 cm³/mol. The van der Waals surface area contributed by atoms with Crippen LogP contribution in [0.15, 0.2) is 54.6 Å². The molecular formula is C23H25O6P. The summed E-state index contributed by atoms with van der Waals surface area (Å²) in [5, 5.41) is 10.2. The molecular weight excluding hydrogens is 403 g/mol. The molecule has 3 rings (SSSR count). The third-order valence-electron chi connectivity index (χ3n) is 4.69. The average molecular weight is 428 g/mol. The highest BCUT2D eigenvalue weighted by Gasteiger charge is 2.15. The van der Waals surface area contributed by atoms with Crippen LogP contribution in [0.4, 0.5) is 0 Å². The Morgan fingerprint density at radius 1 is 0.900 bits per heavy atom. The van der Waals surface area contributed by atoms with Gasteiger partial charge in [-0.1, -0.05) is 18.2 Å². The van der Waals surface area contributed by atoms with Crippen LogP contribution in [0, 0.1) is 20.8 Å². The summed E-state index contributed by atoms with van der Waals surface area (Å²) >= 11 is 0. The molecule has 0 radical (unpaired) electrons. The molecule has 0 aliphatic carbocycles. The molecule has 6 nitrogen and oxygen atoms in total. The SMILES string of the molecule is Cc1cccc(Oc2cc(Cc3c(C)cc(OCP(=O)(O)O)cc3C)ccc2O)c1. The zero-order valence-electron chi connectivity index (χ0n) is 17.1. The molecule has 0 saturated heterocycles. The minimum absolute atomic E-state index is 0.0647. The number of hydrogen-bond acceptors (Lipinski definition) is 4. The molecule has 3 aromatic rings. The van der Waals surface area contributed by atoms with Gasteiger partial charge in [0.15, 0.2) is 17.8 Å². The van der Waals surface area contributed by atoms with Gasteiger partial charge in [0, 0.05) is 0 Å². The standard InChI is InChI=1S/C23H25O6P/c1-15-5-4-6-19(9-15)29-23-13-18(7-8-22(23)24)12-21-16(2)10-20(11-17(21)3)28-14-30(25,26)27/h4-11,13,24H,12,14H2,1-3H3,(H2,25,26,27). The van der Waals surface area contributed by atoms with E-state index in [0.717, 1.165) is 27.8 Å². The lowest BCUT2D eigenvalue weighted by molar-refractivity contribution is 0.300. The number of hydrogen-bond donors (Lipinski definition) is 3. The number of phenolic OH excluding ortho intramolecular Hbond substituents is 1. The lowest BCUT2D eigenvalue weighted by Crippen LogP contribution is -2.01. The summed E-state index contributed by atoms with van der Waals surface area (Å²) < 4.78 is 22.1. The van der Waals surface area contributed by atoms with Crippen molar-refractivity contribution in [2.24, 2.45) is 0 Å². The van der Waals surface area contributed by atoms with Crippen molar-refractivity contribution >= 4 is 7.60 Å². The smallest absolute Gasteiger partial charge is 0.362 e. The van der Waals surface area contributed by atoms with Crippen molar-refractivity contribution in [3.05, 3.63) is 82.4 Å². The molecule has 0 spiro atoms. The fourth-order valence-corrected chi connectivity index (χ4v) is 3.55. The first-order valence-electron chi connectivity index (χ1n) is 9.44. The van der Waals surface area contributed by atoms with Gasteiger partial charge < -0.3 is 24.4 Å². The number of aromatic hydroxyl groups is 1. The van der Waals surface area contributed by atoms with Gasteiger partial charge in [0.25, 0.3) is 0 Å². The highest BCUT2D eigenvalue weighted by molar-refractivity contribution is 7.51. The minimum atomic E-state index is -4.23. The number of phenols is 1. The Hall–Kier alpha value is -2.79. The maximum Gasteiger partial charge on any atom is 0.362 e. The Morgan fingerprint density at radius 3 is 2.23 bits per heavy atom. The summed E-state index contributed by atoms with van der Waals surface area (Å²) in [6.45, 7) is 5.83. The molecule has 158 valence electrons. The molecule has 0 unspecified atom stereocenters. The van der Waals surface area contributed by atoms with Crippen LogP contribution in [-0.2, 0) is 11.0 Å². The van der Waals surface area contributed by atoms with E-state index in [0.29, 0.717) is 23.7 Å². The van der Waals surface area contributed by atoms with Crippen molar-refractivity contribution in [2.45, 2.75) is 27.2 Å². The molecule has 0 heterocycles. The fourth-order valence-electron chi connectivity index (χ4n) is 3.23. The molecule has 0 bridgehead atoms. The van der Waals surface area contributed by atoms with Gasteiger partial charge >= 0.3 is 7.60 Å². The van der Waals surface area contributed by atoms with E-state index in [4.69, 9.17) is 19.3 Å². The third-order valence-corrected chi connectivity index (χ3v) is 5.16. The van der Waals surface area contributed by atoms with Crippen LogP contribution in [0.2, 0.25) is 0 Å². The lowest BCUT2D eigenvalue weighted by Gasteiger charge is -2.15. The Labute approximate surface area is 175 Å². The number of ether oxygens (including phenoxy) is 2. The van der Waals surface area contributed by atoms with Crippen molar-refractivity contribution in [2.75, 3.05) is 6.35 Å². The van der Waals surface area contributed by atoms with E-state index in [1.165, 1.54) is 0 Å². The Kier molecular flexibility index (Phi) is 6.52. The molecule has 0 atom stereocenters. The van der Waals surface area contributed by atoms with Gasteiger partial charge in [0.05, 0.1) is 0 Å². The topological polar surface area (TPSA) is 96.2 Å². The van der Waals surface area contributed by atoms with Crippen LogP contribution in [0.1, 0.15) is 27.8 Å². The van der Waals surface area contributed by atoms with Gasteiger partial charge in [-0.2, -0.15) is 0 Å². The maximum absolute atomic E-state index is 11.0. The number of rotatable bonds is 7. The van der Waals surface area contributed by atoms with E-state index in [9.17, 15) is 9.67 Å². The highest BCUT2D eigenvalue weighted by atomic mass is 31.2. The van der Waals surface area contributed by atoms with Crippen LogP contribution in [0.5, 0.6) is 23.0 Å². The number of aryl methyl sites for hydroxylation is 3. The van der Waals surface area contributed by atoms with Crippen LogP contribution >= 0.6 is 7.60 Å². The van der Waals surface area contributed by atoms with E-state index >= 15 is 0 Å². The monoisotopic (exact) mass is 428 g/mol. The largest absolute Gasteiger partial charge is 0.504 e. The van der Waals surface area contributed by atoms with Crippen LogP contribution in [0.3, 0.4) is 0 Å². The van der Waals surface area contributed by atoms with Crippen molar-refractivity contribution in [3.8, 4) is 23.0 Å². The minimum Gasteiger partial charge on any atom is -0.504 e. The van der Waals surface area contributed by atoms with Gasteiger partial charge in [0.1, 0.15) is 11.5 Å². The fraction of sp³-hybridized carbons (Fsp3) is 0.217. The molecule has 3 aromatic carbocycles. The second kappa shape index (κ2) is 8.92.